The zero-order valence-electron chi connectivity index (χ0n) is 22.5. The van der Waals surface area contributed by atoms with Crippen molar-refractivity contribution in [1.29, 1.82) is 0 Å². The van der Waals surface area contributed by atoms with Gasteiger partial charge in [-0.2, -0.15) is 0 Å². The van der Waals surface area contributed by atoms with Crippen LogP contribution in [0.15, 0.2) is 72.8 Å². The average molecular weight is 625 g/mol. The molecule has 0 radical (unpaired) electrons. The number of carbonyl (C=O) groups excluding carboxylic acids is 2. The third kappa shape index (κ3) is 8.86. The van der Waals surface area contributed by atoms with E-state index in [0.29, 0.717) is 17.1 Å². The minimum absolute atomic E-state index is 0.00984. The van der Waals surface area contributed by atoms with Crippen LogP contribution in [0.2, 0.25) is 15.1 Å². The van der Waals surface area contributed by atoms with Crippen LogP contribution >= 0.6 is 34.8 Å². The van der Waals surface area contributed by atoms with E-state index < -0.39 is 28.5 Å². The second-order valence-corrected chi connectivity index (χ2v) is 13.0. The van der Waals surface area contributed by atoms with Crippen LogP contribution in [-0.4, -0.2) is 50.5 Å². The van der Waals surface area contributed by atoms with E-state index in [4.69, 9.17) is 34.8 Å². The third-order valence-corrected chi connectivity index (χ3v) is 8.37. The molecule has 0 aliphatic heterocycles. The average Bonchev–Trinajstić information content (AvgIpc) is 2.90. The Morgan fingerprint density at radius 1 is 0.875 bits per heavy atom. The predicted molar refractivity (Wildman–Crippen MR) is 162 cm³/mol. The molecule has 0 heterocycles. The first-order valence-electron chi connectivity index (χ1n) is 12.6. The molecule has 0 unspecified atom stereocenters. The quantitative estimate of drug-likeness (QED) is 0.275. The maximum Gasteiger partial charge on any atom is 0.244 e. The fourth-order valence-electron chi connectivity index (χ4n) is 4.04. The van der Waals surface area contributed by atoms with Gasteiger partial charge in [-0.1, -0.05) is 97.2 Å². The second kappa shape index (κ2) is 14.2. The number of nitrogens with zero attached hydrogens (tertiary/aromatic N) is 2. The Kier molecular flexibility index (Phi) is 11.3. The standard InChI is InChI=1S/C29H32Cl3N3O4S/c1-20(2)17-33-29(37)27(15-21-9-5-4-6-10-21)34(18-22-11-7-8-12-24(22)30)28(36)19-35(40(3,38)39)23-13-14-25(31)26(32)16-23/h4-14,16,20,27H,15,17-19H2,1-3H3,(H,33,37)/t27-/m1/s1. The molecule has 0 aromatic heterocycles. The minimum Gasteiger partial charge on any atom is -0.354 e. The van der Waals surface area contributed by atoms with E-state index in [2.05, 4.69) is 5.32 Å². The number of benzene rings is 3. The highest BCUT2D eigenvalue weighted by Crippen LogP contribution is 2.29. The molecular weight excluding hydrogens is 593 g/mol. The maximum atomic E-state index is 14.1. The fraction of sp³-hybridized carbons (Fsp3) is 0.310. The van der Waals surface area contributed by atoms with E-state index in [1.807, 2.05) is 44.2 Å². The molecule has 0 bridgehead atoms. The van der Waals surface area contributed by atoms with Gasteiger partial charge in [0.2, 0.25) is 21.8 Å². The number of anilines is 1. The molecule has 3 rings (SSSR count). The smallest absolute Gasteiger partial charge is 0.244 e. The number of rotatable bonds is 12. The van der Waals surface area contributed by atoms with Crippen molar-refractivity contribution in [3.63, 3.8) is 0 Å². The molecule has 2 amide bonds. The van der Waals surface area contributed by atoms with Crippen LogP contribution in [0.25, 0.3) is 0 Å². The number of hydrogen-bond acceptors (Lipinski definition) is 4. The van der Waals surface area contributed by atoms with Crippen LogP contribution in [0.5, 0.6) is 0 Å². The lowest BCUT2D eigenvalue weighted by atomic mass is 10.0. The Morgan fingerprint density at radius 2 is 1.52 bits per heavy atom. The van der Waals surface area contributed by atoms with Gasteiger partial charge in [0.05, 0.1) is 22.0 Å². The lowest BCUT2D eigenvalue weighted by Gasteiger charge is -2.34. The van der Waals surface area contributed by atoms with Crippen LogP contribution in [-0.2, 0) is 32.6 Å². The Balaban J connectivity index is 2.07. The largest absolute Gasteiger partial charge is 0.354 e. The zero-order valence-corrected chi connectivity index (χ0v) is 25.6. The monoisotopic (exact) mass is 623 g/mol. The van der Waals surface area contributed by atoms with Gasteiger partial charge >= 0.3 is 0 Å². The summed E-state index contributed by atoms with van der Waals surface area (Å²) in [4.78, 5) is 29.0. The molecular formula is C29H32Cl3N3O4S. The van der Waals surface area contributed by atoms with E-state index in [1.54, 1.807) is 24.3 Å². The Bertz CT molecular complexity index is 1440. The Morgan fingerprint density at radius 3 is 2.12 bits per heavy atom. The SMILES string of the molecule is CC(C)CNC(=O)[C@@H](Cc1ccccc1)N(Cc1ccccc1Cl)C(=O)CN(c1ccc(Cl)c(Cl)c1)S(C)(=O)=O. The first-order valence-corrected chi connectivity index (χ1v) is 15.6. The summed E-state index contributed by atoms with van der Waals surface area (Å²) < 4.78 is 26.6. The molecule has 1 atom stereocenters. The molecule has 0 aliphatic rings. The van der Waals surface area contributed by atoms with Crippen LogP contribution in [0.1, 0.15) is 25.0 Å². The van der Waals surface area contributed by atoms with E-state index in [9.17, 15) is 18.0 Å². The van der Waals surface area contributed by atoms with Gasteiger partial charge in [-0.25, -0.2) is 8.42 Å². The number of carbonyl (C=O) groups is 2. The first-order chi connectivity index (χ1) is 18.9. The molecule has 0 spiro atoms. The van der Waals surface area contributed by atoms with Gasteiger partial charge in [-0.05, 0) is 41.3 Å². The number of hydrogen-bond donors (Lipinski definition) is 1. The molecule has 40 heavy (non-hydrogen) atoms. The summed E-state index contributed by atoms with van der Waals surface area (Å²) in [7, 11) is -3.93. The molecule has 3 aromatic carbocycles. The highest BCUT2D eigenvalue weighted by atomic mass is 35.5. The van der Waals surface area contributed by atoms with Crippen molar-refractivity contribution in [2.45, 2.75) is 32.9 Å². The van der Waals surface area contributed by atoms with Crippen molar-refractivity contribution >= 4 is 62.3 Å². The topological polar surface area (TPSA) is 86.8 Å². The van der Waals surface area contributed by atoms with Gasteiger partial charge in [0.25, 0.3) is 0 Å². The van der Waals surface area contributed by atoms with Gasteiger partial charge < -0.3 is 10.2 Å². The second-order valence-electron chi connectivity index (χ2n) is 9.83. The number of amides is 2. The van der Waals surface area contributed by atoms with Crippen LogP contribution in [0, 0.1) is 5.92 Å². The predicted octanol–water partition coefficient (Wildman–Crippen LogP) is 5.83. The normalized spacial score (nSPS) is 12.2. The molecule has 0 saturated carbocycles. The van der Waals surface area contributed by atoms with Gasteiger partial charge in [0.1, 0.15) is 12.6 Å². The fourth-order valence-corrected chi connectivity index (χ4v) is 5.37. The van der Waals surface area contributed by atoms with Gasteiger partial charge in [0.15, 0.2) is 0 Å². The Labute approximate surface area is 251 Å². The molecule has 0 fully saturated rings. The van der Waals surface area contributed by atoms with E-state index >= 15 is 0 Å². The highest BCUT2D eigenvalue weighted by molar-refractivity contribution is 7.92. The van der Waals surface area contributed by atoms with Gasteiger partial charge in [-0.3, -0.25) is 13.9 Å². The first kappa shape index (κ1) is 31.7. The van der Waals surface area contributed by atoms with E-state index in [1.165, 1.54) is 23.1 Å². The molecule has 214 valence electrons. The number of sulfonamides is 1. The van der Waals surface area contributed by atoms with Crippen LogP contribution in [0.3, 0.4) is 0 Å². The van der Waals surface area contributed by atoms with Gasteiger partial charge in [-0.15, -0.1) is 0 Å². The van der Waals surface area contributed by atoms with Crippen molar-refractivity contribution < 1.29 is 18.0 Å². The lowest BCUT2D eigenvalue weighted by molar-refractivity contribution is -0.140. The lowest BCUT2D eigenvalue weighted by Crippen LogP contribution is -2.53. The summed E-state index contributed by atoms with van der Waals surface area (Å²) in [6, 6.07) is 19.7. The van der Waals surface area contributed by atoms with E-state index in [-0.39, 0.29) is 40.5 Å². The molecule has 0 saturated heterocycles. The van der Waals surface area contributed by atoms with Crippen molar-refractivity contribution in [2.24, 2.45) is 5.92 Å². The van der Waals surface area contributed by atoms with Gasteiger partial charge in [0, 0.05) is 24.5 Å². The van der Waals surface area contributed by atoms with Crippen molar-refractivity contribution in [1.82, 2.24) is 10.2 Å². The number of nitrogens with one attached hydrogen (secondary N) is 1. The minimum atomic E-state index is -3.93. The summed E-state index contributed by atoms with van der Waals surface area (Å²) in [6.45, 7) is 3.78. The molecule has 1 N–H and O–H groups in total. The Hall–Kier alpha value is -2.78. The molecule has 0 aliphatic carbocycles. The summed E-state index contributed by atoms with van der Waals surface area (Å²) in [5.41, 5.74) is 1.63. The summed E-state index contributed by atoms with van der Waals surface area (Å²) in [6.07, 6.45) is 1.21. The third-order valence-electron chi connectivity index (χ3n) is 6.12. The molecule has 11 heteroatoms. The summed E-state index contributed by atoms with van der Waals surface area (Å²) in [5.74, 6) is -0.750. The maximum absolute atomic E-state index is 14.1. The number of halogens is 3. The van der Waals surface area contributed by atoms with Crippen molar-refractivity contribution in [3.05, 3.63) is 99.0 Å². The summed E-state index contributed by atoms with van der Waals surface area (Å²) in [5, 5.41) is 3.75. The highest BCUT2D eigenvalue weighted by Gasteiger charge is 2.33. The molecule has 3 aromatic rings. The summed E-state index contributed by atoms with van der Waals surface area (Å²) >= 11 is 18.6. The van der Waals surface area contributed by atoms with E-state index in [0.717, 1.165) is 16.1 Å². The van der Waals surface area contributed by atoms with Crippen LogP contribution in [0.4, 0.5) is 5.69 Å². The zero-order chi connectivity index (χ0) is 29.4. The van der Waals surface area contributed by atoms with Crippen LogP contribution < -0.4 is 9.62 Å². The van der Waals surface area contributed by atoms with Crippen molar-refractivity contribution in [2.75, 3.05) is 23.7 Å². The van der Waals surface area contributed by atoms with Crippen molar-refractivity contribution in [3.8, 4) is 0 Å². The molecule has 7 nitrogen and oxygen atoms in total.